The van der Waals surface area contributed by atoms with Gasteiger partial charge in [-0.1, -0.05) is 18.2 Å². The molecule has 0 unspecified atom stereocenters. The summed E-state index contributed by atoms with van der Waals surface area (Å²) >= 11 is 0. The SMILES string of the molecule is Cc1cc(-c2cccc(OC(C)C)c2)ccc1O. The summed E-state index contributed by atoms with van der Waals surface area (Å²) in [6, 6.07) is 13.6. The highest BCUT2D eigenvalue weighted by Crippen LogP contribution is 2.28. The molecule has 0 aromatic heterocycles. The molecule has 2 heteroatoms. The number of hydrogen-bond donors (Lipinski definition) is 1. The van der Waals surface area contributed by atoms with E-state index in [9.17, 15) is 5.11 Å². The predicted octanol–water partition coefficient (Wildman–Crippen LogP) is 4.15. The largest absolute Gasteiger partial charge is 0.508 e. The van der Waals surface area contributed by atoms with Crippen molar-refractivity contribution in [1.82, 2.24) is 0 Å². The van der Waals surface area contributed by atoms with Crippen LogP contribution in [0.3, 0.4) is 0 Å². The van der Waals surface area contributed by atoms with Crippen LogP contribution in [0.15, 0.2) is 42.5 Å². The van der Waals surface area contributed by atoms with Crippen LogP contribution >= 0.6 is 0 Å². The summed E-state index contributed by atoms with van der Waals surface area (Å²) in [5.41, 5.74) is 3.05. The Morgan fingerprint density at radius 2 is 1.72 bits per heavy atom. The van der Waals surface area contributed by atoms with Crippen LogP contribution in [0.25, 0.3) is 11.1 Å². The number of aromatic hydroxyl groups is 1. The van der Waals surface area contributed by atoms with Crippen molar-refractivity contribution in [1.29, 1.82) is 0 Å². The van der Waals surface area contributed by atoms with Crippen LogP contribution in [-0.2, 0) is 0 Å². The standard InChI is InChI=1S/C16H18O2/c1-11(2)18-15-6-4-5-13(10-15)14-7-8-16(17)12(3)9-14/h4-11,17H,1-3H3. The lowest BCUT2D eigenvalue weighted by molar-refractivity contribution is 0.242. The Kier molecular flexibility index (Phi) is 3.56. The zero-order chi connectivity index (χ0) is 13.1. The Hall–Kier alpha value is -1.96. The topological polar surface area (TPSA) is 29.5 Å². The van der Waals surface area contributed by atoms with Gasteiger partial charge in [0.25, 0.3) is 0 Å². The fourth-order valence-corrected chi connectivity index (χ4v) is 1.86. The number of hydrogen-bond acceptors (Lipinski definition) is 2. The molecule has 94 valence electrons. The highest BCUT2D eigenvalue weighted by molar-refractivity contribution is 5.66. The van der Waals surface area contributed by atoms with E-state index in [1.54, 1.807) is 6.07 Å². The smallest absolute Gasteiger partial charge is 0.120 e. The van der Waals surface area contributed by atoms with Crippen molar-refractivity contribution in [3.63, 3.8) is 0 Å². The normalized spacial score (nSPS) is 10.7. The molecule has 2 aromatic carbocycles. The van der Waals surface area contributed by atoms with Crippen molar-refractivity contribution >= 4 is 0 Å². The third kappa shape index (κ3) is 2.83. The van der Waals surface area contributed by atoms with Crippen LogP contribution in [0.1, 0.15) is 19.4 Å². The lowest BCUT2D eigenvalue weighted by Crippen LogP contribution is -2.05. The zero-order valence-corrected chi connectivity index (χ0v) is 11.0. The van der Waals surface area contributed by atoms with E-state index in [0.29, 0.717) is 5.75 Å². The first-order valence-electron chi connectivity index (χ1n) is 6.13. The van der Waals surface area contributed by atoms with Gasteiger partial charge in [-0.3, -0.25) is 0 Å². The van der Waals surface area contributed by atoms with Crippen LogP contribution in [-0.4, -0.2) is 11.2 Å². The van der Waals surface area contributed by atoms with E-state index >= 15 is 0 Å². The Balaban J connectivity index is 2.35. The van der Waals surface area contributed by atoms with E-state index < -0.39 is 0 Å². The molecule has 2 rings (SSSR count). The third-order valence-electron chi connectivity index (χ3n) is 2.74. The molecule has 2 aromatic rings. The minimum atomic E-state index is 0.168. The fourth-order valence-electron chi connectivity index (χ4n) is 1.86. The molecule has 0 spiro atoms. The van der Waals surface area contributed by atoms with E-state index in [1.807, 2.05) is 57.2 Å². The number of phenols is 1. The summed E-state index contributed by atoms with van der Waals surface area (Å²) in [5.74, 6) is 1.20. The van der Waals surface area contributed by atoms with E-state index in [2.05, 4.69) is 0 Å². The molecule has 1 N–H and O–H groups in total. The van der Waals surface area contributed by atoms with E-state index in [4.69, 9.17) is 4.74 Å². The summed E-state index contributed by atoms with van der Waals surface area (Å²) < 4.78 is 5.68. The van der Waals surface area contributed by atoms with E-state index in [0.717, 1.165) is 22.4 Å². The fraction of sp³-hybridized carbons (Fsp3) is 0.250. The number of rotatable bonds is 3. The molecule has 0 radical (unpaired) electrons. The Morgan fingerprint density at radius 1 is 1.00 bits per heavy atom. The molecule has 2 nitrogen and oxygen atoms in total. The Morgan fingerprint density at radius 3 is 2.39 bits per heavy atom. The highest BCUT2D eigenvalue weighted by Gasteiger charge is 2.03. The van der Waals surface area contributed by atoms with Gasteiger partial charge in [-0.2, -0.15) is 0 Å². The van der Waals surface area contributed by atoms with Gasteiger partial charge in [0.2, 0.25) is 0 Å². The maximum absolute atomic E-state index is 9.54. The summed E-state index contributed by atoms with van der Waals surface area (Å²) in [6.45, 7) is 5.92. The lowest BCUT2D eigenvalue weighted by atomic mass is 10.0. The first kappa shape index (κ1) is 12.5. The van der Waals surface area contributed by atoms with Crippen molar-refractivity contribution in [2.75, 3.05) is 0 Å². The van der Waals surface area contributed by atoms with Crippen molar-refractivity contribution < 1.29 is 9.84 Å². The number of benzene rings is 2. The second-order valence-electron chi connectivity index (χ2n) is 4.70. The van der Waals surface area contributed by atoms with Gasteiger partial charge < -0.3 is 9.84 Å². The van der Waals surface area contributed by atoms with Crippen LogP contribution < -0.4 is 4.74 Å². The maximum atomic E-state index is 9.54. The van der Waals surface area contributed by atoms with Gasteiger partial charge in [-0.15, -0.1) is 0 Å². The highest BCUT2D eigenvalue weighted by atomic mass is 16.5. The average Bonchev–Trinajstić information content (AvgIpc) is 2.32. The molecule has 0 aliphatic rings. The zero-order valence-electron chi connectivity index (χ0n) is 11.0. The second kappa shape index (κ2) is 5.13. The third-order valence-corrected chi connectivity index (χ3v) is 2.74. The molecule has 0 aliphatic carbocycles. The number of phenolic OH excluding ortho intramolecular Hbond substituents is 1. The summed E-state index contributed by atoms with van der Waals surface area (Å²) in [7, 11) is 0. The Labute approximate surface area is 108 Å². The predicted molar refractivity (Wildman–Crippen MR) is 74.0 cm³/mol. The summed E-state index contributed by atoms with van der Waals surface area (Å²) in [4.78, 5) is 0. The Bertz CT molecular complexity index is 545. The summed E-state index contributed by atoms with van der Waals surface area (Å²) in [6.07, 6.45) is 0.168. The molecule has 0 atom stereocenters. The van der Waals surface area contributed by atoms with Crippen LogP contribution in [0.5, 0.6) is 11.5 Å². The van der Waals surface area contributed by atoms with Gasteiger partial charge in [-0.25, -0.2) is 0 Å². The molecule has 0 aliphatic heterocycles. The van der Waals surface area contributed by atoms with E-state index in [1.165, 1.54) is 0 Å². The molecule has 0 heterocycles. The van der Waals surface area contributed by atoms with E-state index in [-0.39, 0.29) is 6.10 Å². The monoisotopic (exact) mass is 242 g/mol. The molecule has 0 saturated carbocycles. The molecular formula is C16H18O2. The van der Waals surface area contributed by atoms with Crippen LogP contribution in [0.4, 0.5) is 0 Å². The molecule has 0 fully saturated rings. The van der Waals surface area contributed by atoms with Crippen molar-refractivity contribution in [3.8, 4) is 22.6 Å². The molecule has 0 bridgehead atoms. The van der Waals surface area contributed by atoms with Gasteiger partial charge in [0, 0.05) is 0 Å². The van der Waals surface area contributed by atoms with Gasteiger partial charge in [0.1, 0.15) is 11.5 Å². The summed E-state index contributed by atoms with van der Waals surface area (Å²) in [5, 5.41) is 9.54. The first-order chi connectivity index (χ1) is 8.56. The molecular weight excluding hydrogens is 224 g/mol. The second-order valence-corrected chi connectivity index (χ2v) is 4.70. The quantitative estimate of drug-likeness (QED) is 0.876. The molecule has 0 saturated heterocycles. The van der Waals surface area contributed by atoms with Crippen molar-refractivity contribution in [2.45, 2.75) is 26.9 Å². The van der Waals surface area contributed by atoms with Gasteiger partial charge in [0.15, 0.2) is 0 Å². The number of ether oxygens (including phenoxy) is 1. The van der Waals surface area contributed by atoms with Gasteiger partial charge in [-0.05, 0) is 61.7 Å². The molecule has 18 heavy (non-hydrogen) atoms. The van der Waals surface area contributed by atoms with Gasteiger partial charge >= 0.3 is 0 Å². The van der Waals surface area contributed by atoms with Crippen molar-refractivity contribution in [3.05, 3.63) is 48.0 Å². The van der Waals surface area contributed by atoms with Crippen LogP contribution in [0.2, 0.25) is 0 Å². The minimum absolute atomic E-state index is 0.168. The first-order valence-corrected chi connectivity index (χ1v) is 6.13. The van der Waals surface area contributed by atoms with Gasteiger partial charge in [0.05, 0.1) is 6.10 Å². The number of aryl methyl sites for hydroxylation is 1. The lowest BCUT2D eigenvalue weighted by Gasteiger charge is -2.11. The average molecular weight is 242 g/mol. The minimum Gasteiger partial charge on any atom is -0.508 e. The maximum Gasteiger partial charge on any atom is 0.120 e. The van der Waals surface area contributed by atoms with Crippen LogP contribution in [0, 0.1) is 6.92 Å². The molecule has 0 amide bonds. The van der Waals surface area contributed by atoms with Crippen molar-refractivity contribution in [2.24, 2.45) is 0 Å².